The van der Waals surface area contributed by atoms with Crippen LogP contribution in [0.4, 0.5) is 34.1 Å². The molecular formula is C43H41BN2SSi. The topological polar surface area (TPSA) is 6.48 Å². The molecule has 0 saturated heterocycles. The van der Waals surface area contributed by atoms with Gasteiger partial charge in [0, 0.05) is 32.5 Å². The lowest BCUT2D eigenvalue weighted by Crippen LogP contribution is -2.72. The van der Waals surface area contributed by atoms with Crippen LogP contribution >= 0.6 is 11.8 Å². The van der Waals surface area contributed by atoms with Crippen LogP contribution in [0.1, 0.15) is 69.8 Å². The minimum Gasteiger partial charge on any atom is -0.312 e. The lowest BCUT2D eigenvalue weighted by molar-refractivity contribution is 0.459. The van der Waals surface area contributed by atoms with E-state index in [2.05, 4.69) is 114 Å². The zero-order valence-corrected chi connectivity index (χ0v) is 29.7. The number of nitrogens with zero attached hydrogens (tertiary/aromatic N) is 2. The molecule has 4 heterocycles. The highest BCUT2D eigenvalue weighted by molar-refractivity contribution is 7.99. The maximum absolute atomic E-state index is 2.78. The van der Waals surface area contributed by atoms with E-state index in [0.717, 1.165) is 11.1 Å². The second-order valence-electron chi connectivity index (χ2n) is 15.4. The summed E-state index contributed by atoms with van der Waals surface area (Å²) in [6.07, 6.45) is 14.1. The van der Waals surface area contributed by atoms with E-state index in [4.69, 9.17) is 0 Å². The Hall–Kier alpha value is -3.67. The molecule has 0 N–H and O–H groups in total. The van der Waals surface area contributed by atoms with Gasteiger partial charge in [0.2, 0.25) is 0 Å². The predicted molar refractivity (Wildman–Crippen MR) is 208 cm³/mol. The first kappa shape index (κ1) is 28.2. The molecule has 0 radical (unpaired) electrons. The molecule has 4 aliphatic heterocycles. The van der Waals surface area contributed by atoms with Gasteiger partial charge in [0.05, 0.1) is 11.4 Å². The van der Waals surface area contributed by atoms with Crippen molar-refractivity contribution in [2.75, 3.05) is 9.80 Å². The number of aryl methyl sites for hydroxylation is 1. The molecule has 2 nitrogen and oxygen atoms in total. The van der Waals surface area contributed by atoms with Crippen LogP contribution in [0.15, 0.2) is 107 Å². The van der Waals surface area contributed by atoms with Crippen molar-refractivity contribution >= 4 is 87.4 Å². The number of rotatable bonds is 2. The summed E-state index contributed by atoms with van der Waals surface area (Å²) in [5.41, 5.74) is 16.1. The second-order valence-corrected chi connectivity index (χ2v) is 20.9. The fourth-order valence-corrected chi connectivity index (χ4v) is 19.9. The molecular weight excluding hydrogens is 615 g/mol. The van der Waals surface area contributed by atoms with Crippen molar-refractivity contribution in [3.8, 4) is 0 Å². The zero-order valence-electron chi connectivity index (χ0n) is 27.8. The summed E-state index contributed by atoms with van der Waals surface area (Å²) in [5, 5.41) is 3.53. The molecule has 0 bridgehead atoms. The van der Waals surface area contributed by atoms with E-state index in [1.54, 1.807) is 21.5 Å². The van der Waals surface area contributed by atoms with Gasteiger partial charge in [-0.05, 0) is 86.7 Å². The smallest absolute Gasteiger partial charge is 0.252 e. The number of hydrogen-bond donors (Lipinski definition) is 0. The van der Waals surface area contributed by atoms with Gasteiger partial charge < -0.3 is 9.80 Å². The lowest BCUT2D eigenvalue weighted by atomic mass is 9.33. The molecule has 2 saturated carbocycles. The molecule has 0 unspecified atom stereocenters. The number of hydrogen-bond acceptors (Lipinski definition) is 3. The third kappa shape index (κ3) is 3.57. The van der Waals surface area contributed by atoms with Gasteiger partial charge in [0.1, 0.15) is 8.07 Å². The normalized spacial score (nSPS) is 20.0. The monoisotopic (exact) mass is 656 g/mol. The number of fused-ring (bicyclic) bond motifs is 8. The van der Waals surface area contributed by atoms with Crippen molar-refractivity contribution in [2.24, 2.45) is 0 Å². The summed E-state index contributed by atoms with van der Waals surface area (Å²) < 4.78 is 0. The standard InChI is InChI=1S/C43H41BN2SSi/c1-28-26-35-41-36(27-28)46-34-21-9-11-24-39(34)48(29-14-4-2-5-15-29,30-16-6-3-7-17-30)40-25-13-19-32(43(40)46)44(41)31-18-12-23-38-42(31)45(35)33-20-8-10-22-37(33)47-38/h8-13,18-27,29-30H,2-7,14-17H2,1H3. The maximum atomic E-state index is 2.78. The van der Waals surface area contributed by atoms with Crippen LogP contribution in [-0.4, -0.2) is 14.8 Å². The first-order chi connectivity index (χ1) is 23.7. The van der Waals surface area contributed by atoms with E-state index in [1.165, 1.54) is 119 Å². The van der Waals surface area contributed by atoms with Crippen LogP contribution in [0.25, 0.3) is 0 Å². The summed E-state index contributed by atoms with van der Waals surface area (Å²) in [6.45, 7) is 2.55. The predicted octanol–water partition coefficient (Wildman–Crippen LogP) is 9.09. The average Bonchev–Trinajstić information content (AvgIpc) is 3.14. The summed E-state index contributed by atoms with van der Waals surface area (Å²) in [5.74, 6) is 0. The van der Waals surface area contributed by atoms with Gasteiger partial charge in [-0.25, -0.2) is 0 Å². The Labute approximate surface area is 290 Å². The summed E-state index contributed by atoms with van der Waals surface area (Å²) >= 11 is 1.95. The van der Waals surface area contributed by atoms with Crippen molar-refractivity contribution < 1.29 is 0 Å². The summed E-state index contributed by atoms with van der Waals surface area (Å²) in [6, 6.07) is 38.7. The van der Waals surface area contributed by atoms with E-state index < -0.39 is 8.07 Å². The Bertz CT molecular complexity index is 2130. The number of benzene rings is 5. The molecule has 2 fully saturated rings. The summed E-state index contributed by atoms with van der Waals surface area (Å²) in [7, 11) is -2.17. The van der Waals surface area contributed by atoms with Crippen molar-refractivity contribution in [1.82, 2.24) is 0 Å². The summed E-state index contributed by atoms with van der Waals surface area (Å²) in [4.78, 5) is 8.12. The Morgan fingerprint density at radius 1 is 0.562 bits per heavy atom. The van der Waals surface area contributed by atoms with E-state index in [-0.39, 0.29) is 6.71 Å². The van der Waals surface area contributed by atoms with Gasteiger partial charge in [-0.2, -0.15) is 0 Å². The van der Waals surface area contributed by atoms with E-state index >= 15 is 0 Å². The van der Waals surface area contributed by atoms with Crippen LogP contribution in [-0.2, 0) is 0 Å². The Balaban J connectivity index is 1.25. The minimum atomic E-state index is -2.17. The third-order valence-electron chi connectivity index (χ3n) is 13.1. The molecule has 236 valence electrons. The Kier molecular flexibility index (Phi) is 6.12. The first-order valence-corrected chi connectivity index (χ1v) is 21.6. The van der Waals surface area contributed by atoms with Crippen LogP contribution in [0.2, 0.25) is 11.1 Å². The first-order valence-electron chi connectivity index (χ1n) is 18.6. The quantitative estimate of drug-likeness (QED) is 0.172. The van der Waals surface area contributed by atoms with Gasteiger partial charge in [0.25, 0.3) is 6.71 Å². The van der Waals surface area contributed by atoms with Crippen LogP contribution in [0.3, 0.4) is 0 Å². The van der Waals surface area contributed by atoms with Crippen molar-refractivity contribution in [3.05, 3.63) is 103 Å². The average molecular weight is 657 g/mol. The van der Waals surface area contributed by atoms with Crippen molar-refractivity contribution in [2.45, 2.75) is 92.0 Å². The lowest BCUT2D eigenvalue weighted by Gasteiger charge is -2.56. The molecule has 0 atom stereocenters. The van der Waals surface area contributed by atoms with Crippen molar-refractivity contribution in [1.29, 1.82) is 0 Å². The molecule has 0 aromatic heterocycles. The number of anilines is 6. The molecule has 5 heteroatoms. The number of para-hydroxylation sites is 4. The SMILES string of the molecule is Cc1cc2c3c(c1)N1c4ccccc4[Si](C4CCCCC4)(C4CCCCC4)c4cccc(c41)B3c1cccc3c1N2c1ccccc1S3. The molecule has 5 aromatic carbocycles. The molecule has 11 rings (SSSR count). The van der Waals surface area contributed by atoms with Gasteiger partial charge >= 0.3 is 0 Å². The van der Waals surface area contributed by atoms with Crippen LogP contribution in [0.5, 0.6) is 0 Å². The molecule has 0 spiro atoms. The van der Waals surface area contributed by atoms with E-state index in [0.29, 0.717) is 0 Å². The molecule has 0 amide bonds. The highest BCUT2D eigenvalue weighted by Crippen LogP contribution is 2.56. The molecule has 48 heavy (non-hydrogen) atoms. The third-order valence-corrected chi connectivity index (χ3v) is 20.5. The van der Waals surface area contributed by atoms with Crippen LogP contribution in [0, 0.1) is 6.92 Å². The molecule has 6 aliphatic rings. The van der Waals surface area contributed by atoms with Crippen LogP contribution < -0.4 is 36.6 Å². The van der Waals surface area contributed by atoms with E-state index in [9.17, 15) is 0 Å². The van der Waals surface area contributed by atoms with Gasteiger partial charge in [-0.3, -0.25) is 0 Å². The van der Waals surface area contributed by atoms with Gasteiger partial charge in [0.15, 0.2) is 0 Å². The Morgan fingerprint density at radius 2 is 1.12 bits per heavy atom. The van der Waals surface area contributed by atoms with E-state index in [1.807, 2.05) is 11.8 Å². The fraction of sp³-hybridized carbons (Fsp3) is 0.302. The highest BCUT2D eigenvalue weighted by atomic mass is 32.2. The van der Waals surface area contributed by atoms with Crippen molar-refractivity contribution in [3.63, 3.8) is 0 Å². The molecule has 5 aromatic rings. The maximum Gasteiger partial charge on any atom is 0.252 e. The fourth-order valence-electron chi connectivity index (χ4n) is 11.5. The zero-order chi connectivity index (χ0) is 31.6. The second kappa shape index (κ2) is 10.4. The highest BCUT2D eigenvalue weighted by Gasteiger charge is 2.58. The van der Waals surface area contributed by atoms with Gasteiger partial charge in [-0.15, -0.1) is 0 Å². The Morgan fingerprint density at radius 3 is 1.85 bits per heavy atom. The largest absolute Gasteiger partial charge is 0.312 e. The van der Waals surface area contributed by atoms with Gasteiger partial charge in [-0.1, -0.05) is 137 Å². The minimum absolute atomic E-state index is 0.230. The molecule has 2 aliphatic carbocycles.